The van der Waals surface area contributed by atoms with E-state index in [0.717, 1.165) is 5.56 Å². The summed E-state index contributed by atoms with van der Waals surface area (Å²) in [5, 5.41) is 12.4. The summed E-state index contributed by atoms with van der Waals surface area (Å²) in [6, 6.07) is 10.4. The second kappa shape index (κ2) is 6.46. The van der Waals surface area contributed by atoms with Gasteiger partial charge in [0.05, 0.1) is 10.9 Å². The molecular weight excluding hydrogens is 318 g/mol. The molecule has 0 saturated heterocycles. The first-order valence-corrected chi connectivity index (χ1v) is 7.81. The Kier molecular flexibility index (Phi) is 4.39. The second-order valence-corrected chi connectivity index (χ2v) is 6.07. The SMILES string of the molecule is O=C(N[C@H]1CC[C@@H](C(=O)O)C1)c1ccc(-c2ccccc2Cl)o1. The summed E-state index contributed by atoms with van der Waals surface area (Å²) in [6.45, 7) is 0. The number of benzene rings is 1. The lowest BCUT2D eigenvalue weighted by Gasteiger charge is -2.10. The predicted octanol–water partition coefficient (Wildman–Crippen LogP) is 3.58. The van der Waals surface area contributed by atoms with Crippen molar-refractivity contribution in [3.8, 4) is 11.3 Å². The number of amides is 1. The molecule has 2 aromatic rings. The van der Waals surface area contributed by atoms with Crippen molar-refractivity contribution in [1.29, 1.82) is 0 Å². The van der Waals surface area contributed by atoms with E-state index in [2.05, 4.69) is 5.32 Å². The summed E-state index contributed by atoms with van der Waals surface area (Å²) in [6.07, 6.45) is 1.71. The molecule has 6 heteroatoms. The van der Waals surface area contributed by atoms with Gasteiger partial charge in [-0.25, -0.2) is 0 Å². The molecule has 1 fully saturated rings. The van der Waals surface area contributed by atoms with Gasteiger partial charge in [-0.3, -0.25) is 9.59 Å². The molecule has 1 aliphatic carbocycles. The number of furan rings is 1. The number of aliphatic carboxylic acids is 1. The summed E-state index contributed by atoms with van der Waals surface area (Å²) in [7, 11) is 0. The highest BCUT2D eigenvalue weighted by Gasteiger charge is 2.31. The van der Waals surface area contributed by atoms with Crippen LogP contribution in [0, 0.1) is 5.92 Å². The topological polar surface area (TPSA) is 79.5 Å². The van der Waals surface area contributed by atoms with Crippen LogP contribution in [0.3, 0.4) is 0 Å². The highest BCUT2D eigenvalue weighted by Crippen LogP contribution is 2.30. The molecule has 5 nitrogen and oxygen atoms in total. The van der Waals surface area contributed by atoms with E-state index in [4.69, 9.17) is 21.1 Å². The van der Waals surface area contributed by atoms with Crippen molar-refractivity contribution in [3.05, 3.63) is 47.2 Å². The van der Waals surface area contributed by atoms with Crippen molar-refractivity contribution in [2.45, 2.75) is 25.3 Å². The van der Waals surface area contributed by atoms with E-state index < -0.39 is 5.97 Å². The molecule has 1 heterocycles. The Labute approximate surface area is 138 Å². The molecule has 1 amide bonds. The Balaban J connectivity index is 1.68. The van der Waals surface area contributed by atoms with Crippen LogP contribution < -0.4 is 5.32 Å². The first-order valence-electron chi connectivity index (χ1n) is 7.43. The van der Waals surface area contributed by atoms with Gasteiger partial charge in [-0.05, 0) is 43.5 Å². The molecular formula is C17H16ClNO4. The van der Waals surface area contributed by atoms with Gasteiger partial charge in [0.25, 0.3) is 5.91 Å². The zero-order valence-electron chi connectivity index (χ0n) is 12.3. The van der Waals surface area contributed by atoms with E-state index in [9.17, 15) is 9.59 Å². The van der Waals surface area contributed by atoms with Crippen molar-refractivity contribution in [2.24, 2.45) is 5.92 Å². The standard InChI is InChI=1S/C17H16ClNO4/c18-13-4-2-1-3-12(13)14-7-8-15(23-14)16(20)19-11-6-5-10(9-11)17(21)22/h1-4,7-8,10-11H,5-6,9H2,(H,19,20)(H,21,22)/t10-,11+/m1/s1. The number of carbonyl (C=O) groups is 2. The Hall–Kier alpha value is -2.27. The fraction of sp³-hybridized carbons (Fsp3) is 0.294. The Morgan fingerprint density at radius 3 is 2.65 bits per heavy atom. The Bertz CT molecular complexity index is 740. The lowest BCUT2D eigenvalue weighted by Crippen LogP contribution is -2.33. The smallest absolute Gasteiger partial charge is 0.306 e. The lowest BCUT2D eigenvalue weighted by atomic mass is 10.1. The minimum absolute atomic E-state index is 0.127. The molecule has 1 saturated carbocycles. The molecule has 0 unspecified atom stereocenters. The maximum absolute atomic E-state index is 12.2. The maximum Gasteiger partial charge on any atom is 0.306 e. The zero-order chi connectivity index (χ0) is 16.4. The summed E-state index contributed by atoms with van der Waals surface area (Å²) in [5.41, 5.74) is 0.722. The van der Waals surface area contributed by atoms with E-state index in [1.165, 1.54) is 0 Å². The normalized spacial score (nSPS) is 20.4. The number of carboxylic acids is 1. The van der Waals surface area contributed by atoms with Crippen molar-refractivity contribution >= 4 is 23.5 Å². The minimum Gasteiger partial charge on any atom is -0.481 e. The monoisotopic (exact) mass is 333 g/mol. The van der Waals surface area contributed by atoms with E-state index in [-0.39, 0.29) is 23.6 Å². The number of carbonyl (C=O) groups excluding carboxylic acids is 1. The van der Waals surface area contributed by atoms with Gasteiger partial charge in [0.15, 0.2) is 5.76 Å². The molecule has 0 spiro atoms. The second-order valence-electron chi connectivity index (χ2n) is 5.66. The van der Waals surface area contributed by atoms with E-state index in [1.807, 2.05) is 18.2 Å². The quantitative estimate of drug-likeness (QED) is 0.896. The van der Waals surface area contributed by atoms with Gasteiger partial charge in [-0.2, -0.15) is 0 Å². The maximum atomic E-state index is 12.2. The molecule has 0 aliphatic heterocycles. The Morgan fingerprint density at radius 2 is 1.96 bits per heavy atom. The number of hydrogen-bond acceptors (Lipinski definition) is 3. The van der Waals surface area contributed by atoms with Crippen molar-refractivity contribution < 1.29 is 19.1 Å². The zero-order valence-corrected chi connectivity index (χ0v) is 13.0. The highest BCUT2D eigenvalue weighted by atomic mass is 35.5. The molecule has 1 aliphatic rings. The number of carboxylic acid groups (broad SMARTS) is 1. The van der Waals surface area contributed by atoms with Crippen LogP contribution in [0.25, 0.3) is 11.3 Å². The van der Waals surface area contributed by atoms with Crippen LogP contribution in [-0.2, 0) is 4.79 Å². The van der Waals surface area contributed by atoms with Crippen LogP contribution in [0.1, 0.15) is 29.8 Å². The van der Waals surface area contributed by atoms with E-state index in [1.54, 1.807) is 18.2 Å². The van der Waals surface area contributed by atoms with Crippen LogP contribution in [0.15, 0.2) is 40.8 Å². The van der Waals surface area contributed by atoms with Gasteiger partial charge in [-0.15, -0.1) is 0 Å². The molecule has 0 radical (unpaired) electrons. The van der Waals surface area contributed by atoms with E-state index >= 15 is 0 Å². The van der Waals surface area contributed by atoms with Gasteiger partial charge in [-0.1, -0.05) is 23.7 Å². The third kappa shape index (κ3) is 3.40. The third-order valence-corrected chi connectivity index (χ3v) is 4.42. The van der Waals surface area contributed by atoms with E-state index in [0.29, 0.717) is 30.0 Å². The molecule has 1 aromatic heterocycles. The van der Waals surface area contributed by atoms with Crippen LogP contribution >= 0.6 is 11.6 Å². The van der Waals surface area contributed by atoms with Crippen molar-refractivity contribution in [3.63, 3.8) is 0 Å². The summed E-state index contributed by atoms with van der Waals surface area (Å²) in [4.78, 5) is 23.2. The van der Waals surface area contributed by atoms with Gasteiger partial charge in [0.1, 0.15) is 5.76 Å². The largest absolute Gasteiger partial charge is 0.481 e. The first kappa shape index (κ1) is 15.6. The summed E-state index contributed by atoms with van der Waals surface area (Å²) >= 11 is 6.11. The Morgan fingerprint density at radius 1 is 1.17 bits per heavy atom. The molecule has 1 aromatic carbocycles. The molecule has 120 valence electrons. The van der Waals surface area contributed by atoms with Crippen LogP contribution in [0.4, 0.5) is 0 Å². The summed E-state index contributed by atoms with van der Waals surface area (Å²) < 4.78 is 5.58. The molecule has 3 rings (SSSR count). The number of nitrogens with one attached hydrogen (secondary N) is 1. The highest BCUT2D eigenvalue weighted by molar-refractivity contribution is 6.33. The minimum atomic E-state index is -0.805. The molecule has 2 N–H and O–H groups in total. The van der Waals surface area contributed by atoms with Gasteiger partial charge < -0.3 is 14.8 Å². The van der Waals surface area contributed by atoms with Gasteiger partial charge in [0.2, 0.25) is 0 Å². The van der Waals surface area contributed by atoms with Crippen LogP contribution in [-0.4, -0.2) is 23.0 Å². The van der Waals surface area contributed by atoms with Gasteiger partial charge >= 0.3 is 5.97 Å². The van der Waals surface area contributed by atoms with Crippen LogP contribution in [0.2, 0.25) is 5.02 Å². The average Bonchev–Trinajstić information content (AvgIpc) is 3.16. The summed E-state index contributed by atoms with van der Waals surface area (Å²) in [5.74, 6) is -0.801. The fourth-order valence-electron chi connectivity index (χ4n) is 2.86. The van der Waals surface area contributed by atoms with Crippen molar-refractivity contribution in [2.75, 3.05) is 0 Å². The number of hydrogen-bond donors (Lipinski definition) is 2. The lowest BCUT2D eigenvalue weighted by molar-refractivity contribution is -0.141. The number of rotatable bonds is 4. The van der Waals surface area contributed by atoms with Gasteiger partial charge in [0, 0.05) is 11.6 Å². The first-order chi connectivity index (χ1) is 11.0. The fourth-order valence-corrected chi connectivity index (χ4v) is 3.09. The molecule has 23 heavy (non-hydrogen) atoms. The molecule has 2 atom stereocenters. The van der Waals surface area contributed by atoms with Crippen LogP contribution in [0.5, 0.6) is 0 Å². The number of halogens is 1. The molecule has 0 bridgehead atoms. The predicted molar refractivity (Wildman–Crippen MR) is 85.4 cm³/mol. The van der Waals surface area contributed by atoms with Crippen molar-refractivity contribution in [1.82, 2.24) is 5.32 Å². The average molecular weight is 334 g/mol. The third-order valence-electron chi connectivity index (χ3n) is 4.09.